The van der Waals surface area contributed by atoms with Crippen molar-refractivity contribution in [2.45, 2.75) is 112 Å². The van der Waals surface area contributed by atoms with Gasteiger partial charge in [-0.3, -0.25) is 0 Å². The van der Waals surface area contributed by atoms with Crippen molar-refractivity contribution in [3.05, 3.63) is 0 Å². The zero-order valence-electron chi connectivity index (χ0n) is 28.8. The SMILES string of the molecule is FC(F)(F)C(F)(F)C(F)(F)C(F)(F)C(F)(F)C(F)(F)C(F)(F)[Si](O[Si](C(F)(F)C(F)(F)F)(C(F)(F)C(F)(F)F)C(F)(F)C(F)(F)F)O[Si](C(F)(F)C(F)(F)F)(C(F)(F)C(F)(F)F)C(F)(F)C(F)(F)F. The second-order valence-electron chi connectivity index (χ2n) is 12.2. The fourth-order valence-electron chi connectivity index (χ4n) is 4.29. The van der Waals surface area contributed by atoms with Gasteiger partial charge in [-0.05, 0) is 0 Å². The van der Waals surface area contributed by atoms with Gasteiger partial charge in [-0.2, -0.15) is 198 Å². The Kier molecular flexibility index (Phi) is 15.8. The van der Waals surface area contributed by atoms with E-state index in [2.05, 4.69) is 0 Å². The zero-order valence-corrected chi connectivity index (χ0v) is 31.8. The van der Waals surface area contributed by atoms with E-state index in [1.54, 1.807) is 0 Å². The smallest absolute Gasteiger partial charge is 0.418 e. The summed E-state index contributed by atoms with van der Waals surface area (Å²) in [6.45, 7) is 0. The predicted octanol–water partition coefficient (Wildman–Crippen LogP) is 13.7. The molecule has 0 rings (SSSR count). The van der Waals surface area contributed by atoms with Crippen molar-refractivity contribution in [3.63, 3.8) is 0 Å². The van der Waals surface area contributed by atoms with Crippen LogP contribution in [-0.4, -0.2) is 138 Å². The molecule has 0 unspecified atom stereocenters. The summed E-state index contributed by atoms with van der Waals surface area (Å²) in [6, 6.07) is 0. The van der Waals surface area contributed by atoms with E-state index in [9.17, 15) is 189 Å². The summed E-state index contributed by atoms with van der Waals surface area (Å²) in [5.74, 6) is -51.8. The molecule has 0 amide bonds. The summed E-state index contributed by atoms with van der Waals surface area (Å²) in [7, 11) is -39.6. The molecule has 2 nitrogen and oxygen atoms in total. The third kappa shape index (κ3) is 8.55. The molecule has 0 aromatic rings. The van der Waals surface area contributed by atoms with E-state index in [-0.39, 0.29) is 0 Å². The van der Waals surface area contributed by atoms with Crippen molar-refractivity contribution in [1.82, 2.24) is 0 Å². The van der Waals surface area contributed by atoms with Crippen LogP contribution in [0.15, 0.2) is 0 Å². The quantitative estimate of drug-likeness (QED) is 0.113. The molecule has 0 aliphatic heterocycles. The van der Waals surface area contributed by atoms with E-state index < -0.39 is 138 Å². The Morgan fingerprint density at radius 2 is 0.333 bits per heavy atom. The Morgan fingerprint density at radius 1 is 0.188 bits per heavy atom. The lowest BCUT2D eigenvalue weighted by Crippen LogP contribution is -2.90. The van der Waals surface area contributed by atoms with Gasteiger partial charge in [0.25, 0.3) is 0 Å². The lowest BCUT2D eigenvalue weighted by atomic mass is 9.94. The molecule has 69 heavy (non-hydrogen) atoms. The number of hydrogen-bond donors (Lipinski definition) is 0. The molecule has 1 radical (unpaired) electrons. The van der Waals surface area contributed by atoms with Gasteiger partial charge in [0.2, 0.25) is 0 Å². The summed E-state index contributed by atoms with van der Waals surface area (Å²) >= 11 is 0. The Morgan fingerprint density at radius 3 is 0.478 bits per heavy atom. The van der Waals surface area contributed by atoms with Gasteiger partial charge in [0.05, 0.1) is 0 Å². The molecule has 0 saturated heterocycles. The first-order valence-electron chi connectivity index (χ1n) is 14.1. The molecule has 0 aromatic heterocycles. The van der Waals surface area contributed by atoms with Crippen LogP contribution in [0.1, 0.15) is 0 Å². The largest absolute Gasteiger partial charge is 0.460 e. The van der Waals surface area contributed by atoms with Crippen molar-refractivity contribution in [3.8, 4) is 0 Å². The molecule has 0 spiro atoms. The molecule has 0 saturated carbocycles. The first-order chi connectivity index (χ1) is 28.8. The number of hydrogen-bond acceptors (Lipinski definition) is 2. The van der Waals surface area contributed by atoms with Crippen LogP contribution >= 0.6 is 0 Å². The Hall–Kier alpha value is -2.58. The van der Waals surface area contributed by atoms with E-state index in [1.165, 1.54) is 0 Å². The number of rotatable bonds is 16. The van der Waals surface area contributed by atoms with Crippen molar-refractivity contribution in [2.75, 3.05) is 0 Å². The molecule has 50 heteroatoms. The summed E-state index contributed by atoms with van der Waals surface area (Å²) in [4.78, 5) is 0. The van der Waals surface area contributed by atoms with Crippen LogP contribution < -0.4 is 0 Å². The molecule has 0 aliphatic rings. The molecule has 0 aromatic carbocycles. The van der Waals surface area contributed by atoms with Crippen molar-refractivity contribution >= 4 is 25.9 Å². The highest BCUT2D eigenvalue weighted by atomic mass is 28.4. The molecule has 0 N–H and O–H groups in total. The number of halogens is 45. The van der Waals surface area contributed by atoms with Gasteiger partial charge < -0.3 is 8.23 Å². The maximum absolute atomic E-state index is 15.4. The highest BCUT2D eigenvalue weighted by Crippen LogP contribution is 2.68. The van der Waals surface area contributed by atoms with Gasteiger partial charge in [0, 0.05) is 0 Å². The second kappa shape index (κ2) is 16.5. The lowest BCUT2D eigenvalue weighted by molar-refractivity contribution is -0.448. The lowest BCUT2D eigenvalue weighted by Gasteiger charge is -2.51. The Balaban J connectivity index is 10.7. The average Bonchev–Trinajstić information content (AvgIpc) is 3.03. The van der Waals surface area contributed by atoms with Crippen molar-refractivity contribution in [1.29, 1.82) is 0 Å². The summed E-state index contributed by atoms with van der Waals surface area (Å²) < 4.78 is 627. The average molecular weight is 1200 g/mol. The maximum atomic E-state index is 15.4. The van der Waals surface area contributed by atoms with E-state index in [4.69, 9.17) is 0 Å². The summed E-state index contributed by atoms with van der Waals surface area (Å²) in [6.07, 6.45) is -68.0. The minimum atomic E-state index is -13.9. The molecule has 0 bridgehead atoms. The first-order valence-corrected chi connectivity index (χ1v) is 19.2. The minimum absolute atomic E-state index is 0.675. The van der Waals surface area contributed by atoms with Crippen LogP contribution in [0.2, 0.25) is 0 Å². The van der Waals surface area contributed by atoms with E-state index in [1.807, 2.05) is 0 Å². The van der Waals surface area contributed by atoms with Gasteiger partial charge in [-0.15, -0.1) is 0 Å². The molecule has 0 heterocycles. The fourth-order valence-corrected chi connectivity index (χ4v) is 16.3. The summed E-state index contributed by atoms with van der Waals surface area (Å²) in [5.41, 5.74) is -74.9. The van der Waals surface area contributed by atoms with Crippen LogP contribution in [0.3, 0.4) is 0 Å². The van der Waals surface area contributed by atoms with Gasteiger partial charge in [-0.1, -0.05) is 0 Å². The van der Waals surface area contributed by atoms with E-state index in [0.717, 1.165) is 0 Å². The van der Waals surface area contributed by atoms with E-state index in [0.29, 0.717) is 8.23 Å². The van der Waals surface area contributed by atoms with Crippen LogP contribution in [-0.2, 0) is 8.23 Å². The third-order valence-corrected chi connectivity index (χ3v) is 19.6. The van der Waals surface area contributed by atoms with Gasteiger partial charge >= 0.3 is 138 Å². The Bertz CT molecular complexity index is 1590. The predicted molar refractivity (Wildman–Crippen MR) is 121 cm³/mol. The third-order valence-electron chi connectivity index (χ3n) is 7.86. The zero-order chi connectivity index (χ0) is 57.5. The second-order valence-corrected chi connectivity index (χ2v) is 21.6. The minimum Gasteiger partial charge on any atom is -0.418 e. The summed E-state index contributed by atoms with van der Waals surface area (Å²) in [5, 5.41) is 0. The monoisotopic (exact) mass is 1200 g/mol. The van der Waals surface area contributed by atoms with Crippen molar-refractivity contribution in [2.24, 2.45) is 0 Å². The Labute approximate surface area is 344 Å². The highest BCUT2D eigenvalue weighted by molar-refractivity contribution is 6.90. The van der Waals surface area contributed by atoms with Crippen molar-refractivity contribution < 1.29 is 206 Å². The molecular formula is C19F45O2Si3. The van der Waals surface area contributed by atoms with Gasteiger partial charge in [0.15, 0.2) is 0 Å². The van der Waals surface area contributed by atoms with E-state index >= 15 is 8.78 Å². The van der Waals surface area contributed by atoms with Crippen LogP contribution in [0.5, 0.6) is 0 Å². The van der Waals surface area contributed by atoms with Crippen LogP contribution in [0, 0.1) is 0 Å². The molecule has 0 aliphatic carbocycles. The van der Waals surface area contributed by atoms with Crippen LogP contribution in [0.25, 0.3) is 0 Å². The normalized spacial score (nSPS) is 17.3. The standard InChI is InChI=1S/C19F45O2Si3/c20-1(21,2(22,23)4(26,27)6(30,31)32)3(24,25)5(28,29)13(51,52)67(65-68(14(53,54)7(33,34)35,15(55,56)8(36,37)38)16(57,58)9(39,40)41)66-69(17(59,60)10(42,43)44,18(61,62)11(45,46)47)19(63,64)12(48,49)50. The topological polar surface area (TPSA) is 18.5 Å². The van der Waals surface area contributed by atoms with Gasteiger partial charge in [-0.25, -0.2) is 0 Å². The molecule has 0 fully saturated rings. The van der Waals surface area contributed by atoms with Crippen LogP contribution in [0.4, 0.5) is 198 Å². The number of alkyl halides is 45. The molecule has 0 atom stereocenters. The molecule has 415 valence electrons. The maximum Gasteiger partial charge on any atom is 0.460 e. The fraction of sp³-hybridized carbons (Fsp3) is 1.00. The first kappa shape index (κ1) is 66.4. The molecular weight excluding hydrogens is 1200 g/mol. The van der Waals surface area contributed by atoms with Gasteiger partial charge in [0.1, 0.15) is 0 Å². The highest BCUT2D eigenvalue weighted by Gasteiger charge is 3.05.